The normalized spacial score (nSPS) is 10.9. The average molecular weight is 246 g/mol. The van der Waals surface area contributed by atoms with Crippen LogP contribution < -0.4 is 5.73 Å². The first-order valence-electron chi connectivity index (χ1n) is 4.99. The van der Waals surface area contributed by atoms with Crippen LogP contribution in [0.1, 0.15) is 0 Å². The van der Waals surface area contributed by atoms with E-state index in [9.17, 15) is 0 Å². The quantitative estimate of drug-likeness (QED) is 0.717. The number of thiazole rings is 1. The van der Waals surface area contributed by atoms with Crippen molar-refractivity contribution in [3.05, 3.63) is 23.8 Å². The minimum atomic E-state index is 0.538. The summed E-state index contributed by atoms with van der Waals surface area (Å²) >= 11 is 1.54. The summed E-state index contributed by atoms with van der Waals surface area (Å²) in [5.74, 6) is 0.538. The van der Waals surface area contributed by atoms with Crippen LogP contribution in [-0.2, 0) is 7.05 Å². The van der Waals surface area contributed by atoms with Gasteiger partial charge in [0.05, 0.1) is 23.1 Å². The third-order valence-corrected chi connectivity index (χ3v) is 3.36. The summed E-state index contributed by atoms with van der Waals surface area (Å²) in [5, 5.41) is 13.5. The molecule has 6 nitrogen and oxygen atoms in total. The lowest BCUT2D eigenvalue weighted by Gasteiger charge is -1.96. The number of aryl methyl sites for hydroxylation is 1. The first-order chi connectivity index (χ1) is 8.25. The highest BCUT2D eigenvalue weighted by Crippen LogP contribution is 2.30. The van der Waals surface area contributed by atoms with E-state index in [1.807, 2.05) is 18.5 Å². The van der Waals surface area contributed by atoms with Gasteiger partial charge in [0.1, 0.15) is 10.8 Å². The molecule has 3 heterocycles. The van der Waals surface area contributed by atoms with E-state index in [-0.39, 0.29) is 0 Å². The molecule has 3 aromatic heterocycles. The molecule has 0 aliphatic heterocycles. The van der Waals surface area contributed by atoms with E-state index in [1.165, 1.54) is 11.3 Å². The number of nitrogens with two attached hydrogens (primary N) is 1. The van der Waals surface area contributed by atoms with Crippen molar-refractivity contribution in [3.8, 4) is 22.0 Å². The number of nitrogens with zero attached hydrogens (tertiary/aromatic N) is 4. The molecule has 0 spiro atoms. The number of hydrogen-bond donors (Lipinski definition) is 2. The second-order valence-corrected chi connectivity index (χ2v) is 4.43. The van der Waals surface area contributed by atoms with Gasteiger partial charge < -0.3 is 5.73 Å². The van der Waals surface area contributed by atoms with E-state index in [2.05, 4.69) is 20.3 Å². The highest BCUT2D eigenvalue weighted by molar-refractivity contribution is 7.13. The maximum absolute atomic E-state index is 5.76. The molecule has 0 saturated carbocycles. The standard InChI is InChI=1S/C10H10N6S/c1-16-8(2-3-13-16)7-5-17-10(14-7)6-4-12-15-9(6)11/h2-5H,1H3,(H3,11,12,15). The van der Waals surface area contributed by atoms with Crippen molar-refractivity contribution in [1.29, 1.82) is 0 Å². The minimum absolute atomic E-state index is 0.538. The van der Waals surface area contributed by atoms with Crippen molar-refractivity contribution in [2.24, 2.45) is 7.05 Å². The SMILES string of the molecule is Cn1nccc1-c1csc(-c2cn[nH]c2N)n1. The topological polar surface area (TPSA) is 85.4 Å². The highest BCUT2D eigenvalue weighted by atomic mass is 32.1. The maximum Gasteiger partial charge on any atom is 0.129 e. The molecular formula is C10H10N6S. The van der Waals surface area contributed by atoms with Gasteiger partial charge in [-0.2, -0.15) is 10.2 Å². The Morgan fingerprint density at radius 1 is 1.47 bits per heavy atom. The van der Waals surface area contributed by atoms with E-state index >= 15 is 0 Å². The lowest BCUT2D eigenvalue weighted by atomic mass is 10.3. The number of nitrogen functional groups attached to an aromatic ring is 1. The summed E-state index contributed by atoms with van der Waals surface area (Å²) in [4.78, 5) is 4.53. The van der Waals surface area contributed by atoms with Crippen molar-refractivity contribution in [2.45, 2.75) is 0 Å². The summed E-state index contributed by atoms with van der Waals surface area (Å²) in [6, 6.07) is 1.93. The van der Waals surface area contributed by atoms with E-state index in [4.69, 9.17) is 5.73 Å². The molecule has 3 rings (SSSR count). The van der Waals surface area contributed by atoms with Gasteiger partial charge in [-0.05, 0) is 6.07 Å². The van der Waals surface area contributed by atoms with Gasteiger partial charge in [0.2, 0.25) is 0 Å². The third kappa shape index (κ3) is 1.60. The first-order valence-corrected chi connectivity index (χ1v) is 5.87. The van der Waals surface area contributed by atoms with Crippen molar-refractivity contribution >= 4 is 17.2 Å². The lowest BCUT2D eigenvalue weighted by Crippen LogP contribution is -1.93. The molecule has 3 N–H and O–H groups in total. The zero-order valence-electron chi connectivity index (χ0n) is 9.08. The average Bonchev–Trinajstić information content (AvgIpc) is 2.97. The number of hydrogen-bond acceptors (Lipinski definition) is 5. The Morgan fingerprint density at radius 2 is 2.35 bits per heavy atom. The Balaban J connectivity index is 2.05. The number of aromatic amines is 1. The van der Waals surface area contributed by atoms with Crippen LogP contribution in [0.15, 0.2) is 23.8 Å². The van der Waals surface area contributed by atoms with Gasteiger partial charge in [0.15, 0.2) is 0 Å². The number of nitrogens with one attached hydrogen (secondary N) is 1. The Bertz CT molecular complexity index is 594. The molecule has 3 aromatic rings. The van der Waals surface area contributed by atoms with Gasteiger partial charge in [-0.15, -0.1) is 11.3 Å². The van der Waals surface area contributed by atoms with Crippen LogP contribution in [0.5, 0.6) is 0 Å². The number of aromatic nitrogens is 5. The fourth-order valence-corrected chi connectivity index (χ4v) is 2.44. The third-order valence-electron chi connectivity index (χ3n) is 2.49. The number of rotatable bonds is 2. The van der Waals surface area contributed by atoms with Gasteiger partial charge >= 0.3 is 0 Å². The summed E-state index contributed by atoms with van der Waals surface area (Å²) < 4.78 is 1.79. The van der Waals surface area contributed by atoms with Gasteiger partial charge in [-0.3, -0.25) is 9.78 Å². The molecule has 0 amide bonds. The second-order valence-electron chi connectivity index (χ2n) is 3.58. The molecular weight excluding hydrogens is 236 g/mol. The molecule has 0 aliphatic carbocycles. The first kappa shape index (κ1) is 10.0. The van der Waals surface area contributed by atoms with Gasteiger partial charge in [-0.1, -0.05) is 0 Å². The number of anilines is 1. The van der Waals surface area contributed by atoms with Crippen LogP contribution in [0.25, 0.3) is 22.0 Å². The molecule has 0 saturated heterocycles. The zero-order valence-corrected chi connectivity index (χ0v) is 9.90. The Hall–Kier alpha value is -2.15. The molecule has 0 bridgehead atoms. The van der Waals surface area contributed by atoms with Crippen LogP contribution in [-0.4, -0.2) is 25.0 Å². The summed E-state index contributed by atoms with van der Waals surface area (Å²) in [6.07, 6.45) is 3.43. The van der Waals surface area contributed by atoms with Crippen molar-refractivity contribution in [2.75, 3.05) is 5.73 Å². The predicted octanol–water partition coefficient (Wildman–Crippen LogP) is 1.52. The second kappa shape index (κ2) is 3.70. The van der Waals surface area contributed by atoms with E-state index < -0.39 is 0 Å². The van der Waals surface area contributed by atoms with E-state index in [0.717, 1.165) is 22.0 Å². The van der Waals surface area contributed by atoms with Gasteiger partial charge in [0, 0.05) is 18.6 Å². The molecule has 7 heteroatoms. The van der Waals surface area contributed by atoms with Gasteiger partial charge in [0.25, 0.3) is 0 Å². The summed E-state index contributed by atoms with van der Waals surface area (Å²) in [6.45, 7) is 0. The van der Waals surface area contributed by atoms with E-state index in [0.29, 0.717) is 5.82 Å². The van der Waals surface area contributed by atoms with Crippen LogP contribution in [0, 0.1) is 0 Å². The van der Waals surface area contributed by atoms with Crippen molar-refractivity contribution in [1.82, 2.24) is 25.0 Å². The van der Waals surface area contributed by atoms with Crippen LogP contribution >= 0.6 is 11.3 Å². The molecule has 0 radical (unpaired) electrons. The van der Waals surface area contributed by atoms with Crippen LogP contribution in [0.2, 0.25) is 0 Å². The molecule has 0 unspecified atom stereocenters. The molecule has 0 aromatic carbocycles. The molecule has 0 aliphatic rings. The smallest absolute Gasteiger partial charge is 0.129 e. The largest absolute Gasteiger partial charge is 0.383 e. The van der Waals surface area contributed by atoms with Gasteiger partial charge in [-0.25, -0.2) is 4.98 Å². The highest BCUT2D eigenvalue weighted by Gasteiger charge is 2.12. The Labute approximate surface area is 101 Å². The fraction of sp³-hybridized carbons (Fsp3) is 0.100. The molecule has 0 atom stereocenters. The van der Waals surface area contributed by atoms with Crippen LogP contribution in [0.3, 0.4) is 0 Å². The lowest BCUT2D eigenvalue weighted by molar-refractivity contribution is 0.774. The summed E-state index contributed by atoms with van der Waals surface area (Å²) in [5.41, 5.74) is 8.47. The molecule has 0 fully saturated rings. The summed E-state index contributed by atoms with van der Waals surface area (Å²) in [7, 11) is 1.89. The Morgan fingerprint density at radius 3 is 3.00 bits per heavy atom. The van der Waals surface area contributed by atoms with Crippen molar-refractivity contribution < 1.29 is 0 Å². The minimum Gasteiger partial charge on any atom is -0.383 e. The van der Waals surface area contributed by atoms with E-state index in [1.54, 1.807) is 17.1 Å². The monoisotopic (exact) mass is 246 g/mol. The number of H-pyrrole nitrogens is 1. The van der Waals surface area contributed by atoms with Crippen LogP contribution in [0.4, 0.5) is 5.82 Å². The fourth-order valence-electron chi connectivity index (χ4n) is 1.61. The Kier molecular flexibility index (Phi) is 2.19. The maximum atomic E-state index is 5.76. The predicted molar refractivity (Wildman–Crippen MR) is 66.3 cm³/mol. The molecule has 17 heavy (non-hydrogen) atoms. The molecule has 86 valence electrons. The zero-order chi connectivity index (χ0) is 11.8. The van der Waals surface area contributed by atoms with Crippen molar-refractivity contribution in [3.63, 3.8) is 0 Å².